The maximum absolute atomic E-state index is 10.7. The Morgan fingerprint density at radius 2 is 1.94 bits per heavy atom. The number of halogens is 3. The fourth-order valence-electron chi connectivity index (χ4n) is 0.542. The van der Waals surface area contributed by atoms with Crippen LogP contribution in [0.25, 0.3) is 0 Å². The van der Waals surface area contributed by atoms with E-state index in [0.29, 0.717) is 5.75 Å². The first-order valence-corrected chi connectivity index (χ1v) is 5.92. The number of thiol groups is 1. The van der Waals surface area contributed by atoms with Crippen LogP contribution in [-0.2, 0) is 30.0 Å². The molecule has 0 bridgehead atoms. The fraction of sp³-hybridized carbons (Fsp3) is 0.800. The van der Waals surface area contributed by atoms with Gasteiger partial charge < -0.3 is 4.55 Å². The average molecular weight is 294 g/mol. The van der Waals surface area contributed by atoms with Gasteiger partial charge in [0.15, 0.2) is 15.3 Å². The van der Waals surface area contributed by atoms with Crippen molar-refractivity contribution in [1.29, 1.82) is 0 Å². The molecule has 0 saturated carbocycles. The summed E-state index contributed by atoms with van der Waals surface area (Å²) in [6.07, 6.45) is 0. The van der Waals surface area contributed by atoms with Gasteiger partial charge in [0.25, 0.3) is 0 Å². The minimum atomic E-state index is -6.09. The van der Waals surface area contributed by atoms with Gasteiger partial charge in [0.1, 0.15) is 5.10 Å². The predicted octanol–water partition coefficient (Wildman–Crippen LogP) is -0.879. The van der Waals surface area contributed by atoms with Crippen LogP contribution in [0.2, 0.25) is 0 Å². The molecule has 0 fully saturated rings. The van der Waals surface area contributed by atoms with Crippen LogP contribution in [0.1, 0.15) is 5.82 Å². The lowest BCUT2D eigenvalue weighted by atomic mass is 10.7. The molecule has 0 aromatic carbocycles. The van der Waals surface area contributed by atoms with E-state index in [1.54, 1.807) is 4.80 Å². The molecule has 1 aromatic heterocycles. The third kappa shape index (κ3) is 4.87. The van der Waals surface area contributed by atoms with E-state index in [9.17, 15) is 13.2 Å². The number of nitrogens with zero attached hydrogens (tertiary/aromatic N) is 4. The molecule has 7 nitrogen and oxygen atoms in total. The largest absolute Gasteiger partial charge is 0.741 e. The van der Waals surface area contributed by atoms with E-state index in [1.807, 2.05) is 18.8 Å². The highest BCUT2D eigenvalue weighted by atomic mass is 32.2. The van der Waals surface area contributed by atoms with Gasteiger partial charge in [0, 0.05) is 0 Å². The summed E-state index contributed by atoms with van der Waals surface area (Å²) in [5.74, 6) is 1.51. The zero-order valence-electron chi connectivity index (χ0n) is 8.71. The number of aromatic nitrogens is 4. The summed E-state index contributed by atoms with van der Waals surface area (Å²) in [5, 5.41) is 7.60. The van der Waals surface area contributed by atoms with Gasteiger partial charge in [0.2, 0.25) is 0 Å². The highest BCUT2D eigenvalue weighted by molar-refractivity contribution is 7.86. The van der Waals surface area contributed by atoms with Gasteiger partial charge in [-0.25, -0.2) is 8.42 Å². The van der Waals surface area contributed by atoms with Crippen molar-refractivity contribution in [2.24, 2.45) is 14.1 Å². The van der Waals surface area contributed by atoms with Gasteiger partial charge in [-0.1, -0.05) is 4.80 Å². The smallest absolute Gasteiger partial charge is 0.485 e. The molecule has 0 atom stereocenters. The first-order valence-electron chi connectivity index (χ1n) is 3.88. The molecule has 12 heteroatoms. The number of aryl methyl sites for hydroxylation is 1. The second-order valence-corrected chi connectivity index (χ2v) is 4.36. The van der Waals surface area contributed by atoms with Crippen molar-refractivity contribution >= 4 is 22.7 Å². The lowest BCUT2D eigenvalue weighted by molar-refractivity contribution is -0.762. The Kier molecular flexibility index (Phi) is 5.35. The summed E-state index contributed by atoms with van der Waals surface area (Å²) in [5.41, 5.74) is -5.65. The molecule has 17 heavy (non-hydrogen) atoms. The molecule has 100 valence electrons. The molecule has 0 unspecified atom stereocenters. The Balaban J connectivity index is 0.000000304. The number of alkyl halides is 3. The molecule has 0 radical (unpaired) electrons. The van der Waals surface area contributed by atoms with Crippen molar-refractivity contribution in [3.8, 4) is 0 Å². The Labute approximate surface area is 100 Å². The van der Waals surface area contributed by atoms with Gasteiger partial charge in [-0.2, -0.15) is 30.5 Å². The Hall–Kier alpha value is -0.880. The topological polar surface area (TPSA) is 91.8 Å². The minimum absolute atomic E-state index is 0.629. The predicted molar refractivity (Wildman–Crippen MR) is 50.6 cm³/mol. The first kappa shape index (κ1) is 16.1. The van der Waals surface area contributed by atoms with E-state index in [-0.39, 0.29) is 0 Å². The number of hydrogen-bond acceptors (Lipinski definition) is 6. The first-order chi connectivity index (χ1) is 7.50. The second-order valence-electron chi connectivity index (χ2n) is 2.68. The molecule has 0 spiro atoms. The van der Waals surface area contributed by atoms with E-state index in [2.05, 4.69) is 22.9 Å². The van der Waals surface area contributed by atoms with Crippen LogP contribution in [0.4, 0.5) is 13.2 Å². The SMILES string of the molecule is Cn1nnc(CS)[n+]1C.O=S(=O)([O-])C(F)(F)F. The van der Waals surface area contributed by atoms with Crippen LogP contribution >= 0.6 is 12.6 Å². The van der Waals surface area contributed by atoms with Gasteiger partial charge in [-0.05, 0) is 0 Å². The van der Waals surface area contributed by atoms with Gasteiger partial charge in [-0.15, -0.1) is 0 Å². The van der Waals surface area contributed by atoms with Gasteiger partial charge in [-0.3, -0.25) is 0 Å². The third-order valence-electron chi connectivity index (χ3n) is 1.52. The molecular formula is C5H9F3N4O3S2. The standard InChI is InChI=1S/C4H8N4S.CHF3O3S/c1-7-4(3-9)5-6-8(7)2;2-1(3,4)8(5,6)7/h3H2,1-2H3;(H,5,6,7). The van der Waals surface area contributed by atoms with Crippen molar-refractivity contribution in [1.82, 2.24) is 15.1 Å². The molecule has 0 aliphatic heterocycles. The van der Waals surface area contributed by atoms with Crippen LogP contribution in [0.5, 0.6) is 0 Å². The van der Waals surface area contributed by atoms with Crippen molar-refractivity contribution in [3.05, 3.63) is 5.82 Å². The van der Waals surface area contributed by atoms with E-state index >= 15 is 0 Å². The molecule has 0 aliphatic carbocycles. The monoisotopic (exact) mass is 294 g/mol. The second kappa shape index (κ2) is 5.64. The summed E-state index contributed by atoms with van der Waals surface area (Å²) in [6.45, 7) is 0. The molecule has 0 amide bonds. The normalized spacial score (nSPS) is 11.9. The Bertz CT molecular complexity index is 469. The van der Waals surface area contributed by atoms with Crippen molar-refractivity contribution in [2.75, 3.05) is 0 Å². The summed E-state index contributed by atoms with van der Waals surface area (Å²) in [7, 11) is -2.36. The highest BCUT2D eigenvalue weighted by Crippen LogP contribution is 2.20. The highest BCUT2D eigenvalue weighted by Gasteiger charge is 2.36. The summed E-state index contributed by atoms with van der Waals surface area (Å²) < 4.78 is 60.7. The lowest BCUT2D eigenvalue weighted by Crippen LogP contribution is -2.40. The van der Waals surface area contributed by atoms with Crippen LogP contribution in [-0.4, -0.2) is 33.6 Å². The maximum Gasteiger partial charge on any atom is 0.485 e. The van der Waals surface area contributed by atoms with Crippen LogP contribution < -0.4 is 4.68 Å². The molecule has 1 aromatic rings. The Morgan fingerprint density at radius 1 is 1.53 bits per heavy atom. The van der Waals surface area contributed by atoms with E-state index in [1.165, 1.54) is 0 Å². The quantitative estimate of drug-likeness (QED) is 0.314. The van der Waals surface area contributed by atoms with Crippen LogP contribution in [0.3, 0.4) is 0 Å². The third-order valence-corrected chi connectivity index (χ3v) is 2.37. The fourth-order valence-corrected chi connectivity index (χ4v) is 0.810. The molecular weight excluding hydrogens is 285 g/mol. The summed E-state index contributed by atoms with van der Waals surface area (Å²) >= 11 is 4.06. The maximum atomic E-state index is 10.7. The van der Waals surface area contributed by atoms with Crippen molar-refractivity contribution < 1.29 is 30.8 Å². The molecule has 0 aliphatic rings. The van der Waals surface area contributed by atoms with E-state index in [0.717, 1.165) is 5.82 Å². The van der Waals surface area contributed by atoms with Crippen LogP contribution in [0.15, 0.2) is 0 Å². The Morgan fingerprint density at radius 3 is 2.06 bits per heavy atom. The van der Waals surface area contributed by atoms with Crippen molar-refractivity contribution in [2.45, 2.75) is 11.3 Å². The van der Waals surface area contributed by atoms with Crippen molar-refractivity contribution in [3.63, 3.8) is 0 Å². The van der Waals surface area contributed by atoms with E-state index in [4.69, 9.17) is 13.0 Å². The van der Waals surface area contributed by atoms with Gasteiger partial charge >= 0.3 is 11.3 Å². The summed E-state index contributed by atoms with van der Waals surface area (Å²) in [6, 6.07) is 0. The molecule has 1 rings (SSSR count). The lowest BCUT2D eigenvalue weighted by Gasteiger charge is -2.08. The zero-order valence-corrected chi connectivity index (χ0v) is 10.4. The number of tetrazole rings is 1. The zero-order chi connectivity index (χ0) is 13.9. The molecule has 0 saturated heterocycles. The summed E-state index contributed by atoms with van der Waals surface area (Å²) in [4.78, 5) is 1.66. The number of hydrogen-bond donors (Lipinski definition) is 1. The molecule has 0 N–H and O–H groups in total. The minimum Gasteiger partial charge on any atom is -0.741 e. The van der Waals surface area contributed by atoms with Gasteiger partial charge in [0.05, 0.1) is 19.8 Å². The average Bonchev–Trinajstić information content (AvgIpc) is 2.45. The van der Waals surface area contributed by atoms with E-state index < -0.39 is 15.6 Å². The number of rotatable bonds is 1. The van der Waals surface area contributed by atoms with Crippen LogP contribution in [0, 0.1) is 0 Å². The molecule has 1 heterocycles.